The fraction of sp³-hybridized carbons (Fsp3) is 0.947. The van der Waals surface area contributed by atoms with E-state index in [1.165, 1.54) is 77.0 Å². The predicted molar refractivity (Wildman–Crippen MR) is 91.1 cm³/mol. The Morgan fingerprint density at radius 2 is 1.64 bits per heavy atom. The summed E-state index contributed by atoms with van der Waals surface area (Å²) in [7, 11) is 0. The SMILES string of the molecule is C1CCC(CCCOC2CCCCC2)CC1.O=C1CCNC1. The molecular formula is C19H35NO2. The van der Waals surface area contributed by atoms with E-state index in [2.05, 4.69) is 5.32 Å². The minimum absolute atomic E-state index is 0.343. The quantitative estimate of drug-likeness (QED) is 0.772. The van der Waals surface area contributed by atoms with E-state index in [-0.39, 0.29) is 0 Å². The topological polar surface area (TPSA) is 38.3 Å². The molecule has 1 saturated heterocycles. The highest BCUT2D eigenvalue weighted by atomic mass is 16.5. The highest BCUT2D eigenvalue weighted by Gasteiger charge is 2.15. The minimum atomic E-state index is 0.343. The maximum Gasteiger partial charge on any atom is 0.147 e. The Morgan fingerprint density at radius 3 is 2.18 bits per heavy atom. The molecule has 1 aliphatic heterocycles. The molecule has 22 heavy (non-hydrogen) atoms. The van der Waals surface area contributed by atoms with Gasteiger partial charge >= 0.3 is 0 Å². The van der Waals surface area contributed by atoms with Gasteiger partial charge < -0.3 is 10.1 Å². The van der Waals surface area contributed by atoms with Crippen molar-refractivity contribution in [3.8, 4) is 0 Å². The first-order chi connectivity index (χ1) is 10.8. The molecule has 0 bridgehead atoms. The van der Waals surface area contributed by atoms with Crippen molar-refractivity contribution in [2.24, 2.45) is 5.92 Å². The van der Waals surface area contributed by atoms with E-state index in [9.17, 15) is 4.79 Å². The van der Waals surface area contributed by atoms with Crippen molar-refractivity contribution < 1.29 is 9.53 Å². The van der Waals surface area contributed by atoms with Crippen LogP contribution in [0, 0.1) is 5.92 Å². The van der Waals surface area contributed by atoms with E-state index in [1.54, 1.807) is 0 Å². The van der Waals surface area contributed by atoms with Crippen LogP contribution in [0.4, 0.5) is 0 Å². The summed E-state index contributed by atoms with van der Waals surface area (Å²) in [6.07, 6.45) is 18.4. The molecule has 3 rings (SSSR count). The lowest BCUT2D eigenvalue weighted by atomic mass is 9.86. The number of rotatable bonds is 5. The number of nitrogens with one attached hydrogen (secondary N) is 1. The van der Waals surface area contributed by atoms with Gasteiger partial charge in [0, 0.05) is 19.6 Å². The van der Waals surface area contributed by atoms with E-state index in [0.29, 0.717) is 18.4 Å². The zero-order chi connectivity index (χ0) is 15.5. The van der Waals surface area contributed by atoms with Crippen molar-refractivity contribution >= 4 is 5.78 Å². The molecule has 0 aromatic heterocycles. The van der Waals surface area contributed by atoms with Gasteiger partial charge in [0.1, 0.15) is 5.78 Å². The molecule has 0 radical (unpaired) electrons. The Hall–Kier alpha value is -0.410. The van der Waals surface area contributed by atoms with Crippen molar-refractivity contribution in [1.82, 2.24) is 5.32 Å². The average Bonchev–Trinajstić information content (AvgIpc) is 3.05. The molecular weight excluding hydrogens is 274 g/mol. The Labute approximate surface area is 136 Å². The van der Waals surface area contributed by atoms with Gasteiger partial charge in [-0.2, -0.15) is 0 Å². The lowest BCUT2D eigenvalue weighted by Crippen LogP contribution is -2.17. The van der Waals surface area contributed by atoms with Crippen LogP contribution in [-0.4, -0.2) is 31.6 Å². The summed E-state index contributed by atoms with van der Waals surface area (Å²) in [6.45, 7) is 2.51. The van der Waals surface area contributed by atoms with Crippen molar-refractivity contribution in [2.45, 2.75) is 89.6 Å². The molecule has 3 aliphatic rings. The summed E-state index contributed by atoms with van der Waals surface area (Å²) >= 11 is 0. The van der Waals surface area contributed by atoms with E-state index in [0.717, 1.165) is 25.5 Å². The van der Waals surface area contributed by atoms with Gasteiger partial charge in [0.25, 0.3) is 0 Å². The smallest absolute Gasteiger partial charge is 0.147 e. The summed E-state index contributed by atoms with van der Waals surface area (Å²) < 4.78 is 5.97. The van der Waals surface area contributed by atoms with Crippen LogP contribution in [0.25, 0.3) is 0 Å². The van der Waals surface area contributed by atoms with Crippen molar-refractivity contribution in [3.63, 3.8) is 0 Å². The monoisotopic (exact) mass is 309 g/mol. The van der Waals surface area contributed by atoms with E-state index < -0.39 is 0 Å². The van der Waals surface area contributed by atoms with Crippen LogP contribution >= 0.6 is 0 Å². The summed E-state index contributed by atoms with van der Waals surface area (Å²) in [5.41, 5.74) is 0. The Morgan fingerprint density at radius 1 is 0.955 bits per heavy atom. The van der Waals surface area contributed by atoms with Crippen molar-refractivity contribution in [1.29, 1.82) is 0 Å². The van der Waals surface area contributed by atoms with Crippen molar-refractivity contribution in [3.05, 3.63) is 0 Å². The van der Waals surface area contributed by atoms with Crippen LogP contribution in [0.2, 0.25) is 0 Å². The minimum Gasteiger partial charge on any atom is -0.378 e. The molecule has 128 valence electrons. The fourth-order valence-electron chi connectivity index (χ4n) is 3.87. The molecule has 3 heteroatoms. The highest BCUT2D eigenvalue weighted by Crippen LogP contribution is 2.27. The summed E-state index contributed by atoms with van der Waals surface area (Å²) in [5, 5.41) is 2.92. The van der Waals surface area contributed by atoms with E-state index in [1.807, 2.05) is 0 Å². The molecule has 0 spiro atoms. The lowest BCUT2D eigenvalue weighted by Gasteiger charge is -2.24. The number of hydrogen-bond donors (Lipinski definition) is 1. The molecule has 1 heterocycles. The second-order valence-electron chi connectivity index (χ2n) is 7.24. The highest BCUT2D eigenvalue weighted by molar-refractivity contribution is 5.82. The van der Waals surface area contributed by atoms with Gasteiger partial charge in [0.05, 0.1) is 12.6 Å². The van der Waals surface area contributed by atoms with Gasteiger partial charge in [-0.25, -0.2) is 0 Å². The first kappa shape index (κ1) is 17.9. The fourth-order valence-corrected chi connectivity index (χ4v) is 3.87. The molecule has 0 aromatic carbocycles. The van der Waals surface area contributed by atoms with E-state index in [4.69, 9.17) is 4.74 Å². The normalized spacial score (nSPS) is 24.1. The van der Waals surface area contributed by atoms with Crippen LogP contribution < -0.4 is 5.32 Å². The molecule has 3 fully saturated rings. The summed E-state index contributed by atoms with van der Waals surface area (Å²) in [4.78, 5) is 10.2. The van der Waals surface area contributed by atoms with E-state index >= 15 is 0 Å². The van der Waals surface area contributed by atoms with Gasteiger partial charge in [-0.3, -0.25) is 4.79 Å². The first-order valence-electron chi connectivity index (χ1n) is 9.68. The third-order valence-electron chi connectivity index (χ3n) is 5.29. The maximum atomic E-state index is 10.2. The number of ketones is 1. The standard InChI is InChI=1S/C15H28O.C4H7NO/c1-3-8-14(9-4-1)10-7-13-16-15-11-5-2-6-12-15;6-4-1-2-5-3-4/h14-15H,1-13H2;5H,1-3H2. The van der Waals surface area contributed by atoms with Gasteiger partial charge in [-0.15, -0.1) is 0 Å². The Balaban J connectivity index is 0.000000246. The van der Waals surface area contributed by atoms with Crippen LogP contribution in [0.1, 0.15) is 83.5 Å². The molecule has 1 N–H and O–H groups in total. The molecule has 2 aliphatic carbocycles. The van der Waals surface area contributed by atoms with Crippen LogP contribution in [0.15, 0.2) is 0 Å². The number of Topliss-reactive ketones (excluding diaryl/α,β-unsaturated/α-hetero) is 1. The second kappa shape index (κ2) is 11.2. The van der Waals surface area contributed by atoms with Crippen molar-refractivity contribution in [2.75, 3.05) is 19.7 Å². The Kier molecular flexibility index (Phi) is 9.11. The second-order valence-corrected chi connectivity index (χ2v) is 7.24. The summed E-state index contributed by atoms with van der Waals surface area (Å²) in [5.74, 6) is 1.37. The molecule has 3 nitrogen and oxygen atoms in total. The number of ether oxygens (including phenoxy) is 1. The maximum absolute atomic E-state index is 10.2. The third-order valence-corrected chi connectivity index (χ3v) is 5.29. The number of carbonyl (C=O) groups excluding carboxylic acids is 1. The molecule has 0 amide bonds. The Bertz CT molecular complexity index is 266. The first-order valence-corrected chi connectivity index (χ1v) is 9.68. The molecule has 0 aromatic rings. The zero-order valence-electron chi connectivity index (χ0n) is 14.3. The van der Waals surface area contributed by atoms with Crippen LogP contribution in [0.3, 0.4) is 0 Å². The van der Waals surface area contributed by atoms with Gasteiger partial charge in [0.15, 0.2) is 0 Å². The van der Waals surface area contributed by atoms with Gasteiger partial charge in [-0.1, -0.05) is 51.4 Å². The molecule has 0 unspecified atom stereocenters. The molecule has 0 atom stereocenters. The predicted octanol–water partition coefficient (Wildman–Crippen LogP) is 4.25. The van der Waals surface area contributed by atoms with Crippen LogP contribution in [-0.2, 0) is 9.53 Å². The lowest BCUT2D eigenvalue weighted by molar-refractivity contribution is -0.116. The molecule has 2 saturated carbocycles. The van der Waals surface area contributed by atoms with Gasteiger partial charge in [0.2, 0.25) is 0 Å². The number of carbonyl (C=O) groups is 1. The summed E-state index contributed by atoms with van der Waals surface area (Å²) in [6, 6.07) is 0. The average molecular weight is 309 g/mol. The van der Waals surface area contributed by atoms with Gasteiger partial charge in [-0.05, 0) is 31.6 Å². The van der Waals surface area contributed by atoms with Crippen LogP contribution in [0.5, 0.6) is 0 Å². The zero-order valence-corrected chi connectivity index (χ0v) is 14.3. The largest absolute Gasteiger partial charge is 0.378 e. The number of hydrogen-bond acceptors (Lipinski definition) is 3. The third kappa shape index (κ3) is 7.73.